The summed E-state index contributed by atoms with van der Waals surface area (Å²) < 4.78 is 10.2. The summed E-state index contributed by atoms with van der Waals surface area (Å²) >= 11 is 0. The minimum atomic E-state index is -0.0107. The van der Waals surface area contributed by atoms with Gasteiger partial charge in [0.2, 0.25) is 5.91 Å². The average molecular weight is 228 g/mol. The van der Waals surface area contributed by atoms with Crippen molar-refractivity contribution in [2.24, 2.45) is 0 Å². The molecule has 0 aromatic carbocycles. The Kier molecular flexibility index (Phi) is 6.60. The van der Waals surface area contributed by atoms with Crippen molar-refractivity contribution >= 4 is 5.91 Å². The lowest BCUT2D eigenvalue weighted by Crippen LogP contribution is -2.39. The normalized spacial score (nSPS) is 19.2. The summed E-state index contributed by atoms with van der Waals surface area (Å²) in [5.41, 5.74) is 0. The number of carbonyl (C=O) groups excluding carboxylic acids is 1. The first-order chi connectivity index (χ1) is 7.83. The van der Waals surface area contributed by atoms with Gasteiger partial charge in [-0.2, -0.15) is 0 Å². The predicted molar refractivity (Wildman–Crippen MR) is 61.0 cm³/mol. The molecule has 0 radical (unpaired) electrons. The van der Waals surface area contributed by atoms with Gasteiger partial charge >= 0.3 is 0 Å². The molecule has 5 nitrogen and oxygen atoms in total. The highest BCUT2D eigenvalue weighted by molar-refractivity contribution is 5.77. The third-order valence-corrected chi connectivity index (χ3v) is 2.31. The second-order valence-electron chi connectivity index (χ2n) is 3.68. The van der Waals surface area contributed by atoms with E-state index in [2.05, 4.69) is 10.6 Å². The number of hydrogen-bond donors (Lipinski definition) is 2. The lowest BCUT2D eigenvalue weighted by molar-refractivity contribution is -0.120. The van der Waals surface area contributed by atoms with E-state index in [0.29, 0.717) is 26.2 Å². The van der Waals surface area contributed by atoms with Crippen LogP contribution in [0.3, 0.4) is 0 Å². The lowest BCUT2D eigenvalue weighted by atomic mass is 10.1. The summed E-state index contributed by atoms with van der Waals surface area (Å²) in [6.07, 6.45) is 5.99. The van der Waals surface area contributed by atoms with Crippen LogP contribution >= 0.6 is 0 Å². The van der Waals surface area contributed by atoms with Gasteiger partial charge in [0.05, 0.1) is 19.4 Å². The fourth-order valence-corrected chi connectivity index (χ4v) is 1.44. The maximum Gasteiger partial charge on any atom is 0.234 e. The van der Waals surface area contributed by atoms with Gasteiger partial charge in [0, 0.05) is 20.2 Å². The van der Waals surface area contributed by atoms with E-state index in [1.807, 2.05) is 6.08 Å². The largest absolute Gasteiger partial charge is 0.497 e. The van der Waals surface area contributed by atoms with Crippen LogP contribution in [0.4, 0.5) is 0 Å². The van der Waals surface area contributed by atoms with E-state index in [9.17, 15) is 4.79 Å². The Morgan fingerprint density at radius 3 is 3.19 bits per heavy atom. The molecule has 0 aliphatic carbocycles. The molecule has 1 aliphatic rings. The molecule has 1 atom stereocenters. The van der Waals surface area contributed by atoms with Crippen molar-refractivity contribution in [2.45, 2.75) is 18.9 Å². The number of nitrogens with one attached hydrogen (secondary N) is 2. The molecule has 1 unspecified atom stereocenters. The maximum absolute atomic E-state index is 11.3. The Hall–Kier alpha value is -1.07. The SMILES string of the molecule is COCCNC(=O)CNCC1CCC=CO1. The molecule has 0 fully saturated rings. The quantitative estimate of drug-likeness (QED) is 0.604. The van der Waals surface area contributed by atoms with Gasteiger partial charge in [0.25, 0.3) is 0 Å². The monoisotopic (exact) mass is 228 g/mol. The van der Waals surface area contributed by atoms with Crippen LogP contribution in [0.2, 0.25) is 0 Å². The number of rotatable bonds is 7. The van der Waals surface area contributed by atoms with E-state index in [1.54, 1.807) is 13.4 Å². The van der Waals surface area contributed by atoms with Gasteiger partial charge in [0.15, 0.2) is 0 Å². The molecule has 0 spiro atoms. The lowest BCUT2D eigenvalue weighted by Gasteiger charge is -2.19. The second-order valence-corrected chi connectivity index (χ2v) is 3.68. The van der Waals surface area contributed by atoms with Gasteiger partial charge in [-0.3, -0.25) is 4.79 Å². The number of hydrogen-bond acceptors (Lipinski definition) is 4. The van der Waals surface area contributed by atoms with Crippen molar-refractivity contribution in [3.05, 3.63) is 12.3 Å². The molecular formula is C11H20N2O3. The van der Waals surface area contributed by atoms with Crippen LogP contribution in [0.5, 0.6) is 0 Å². The smallest absolute Gasteiger partial charge is 0.234 e. The summed E-state index contributed by atoms with van der Waals surface area (Å²) in [5, 5.41) is 5.81. The Balaban J connectivity index is 1.97. The molecule has 16 heavy (non-hydrogen) atoms. The maximum atomic E-state index is 11.3. The zero-order chi connectivity index (χ0) is 11.6. The summed E-state index contributed by atoms with van der Waals surface area (Å²) in [6.45, 7) is 2.14. The molecular weight excluding hydrogens is 208 g/mol. The molecule has 0 aromatic heterocycles. The van der Waals surface area contributed by atoms with Crippen molar-refractivity contribution in [1.29, 1.82) is 0 Å². The first-order valence-corrected chi connectivity index (χ1v) is 5.59. The van der Waals surface area contributed by atoms with E-state index in [0.717, 1.165) is 12.8 Å². The molecule has 0 bridgehead atoms. The summed E-state index contributed by atoms with van der Waals surface area (Å²) in [7, 11) is 1.61. The summed E-state index contributed by atoms with van der Waals surface area (Å²) in [4.78, 5) is 11.3. The van der Waals surface area contributed by atoms with Crippen molar-refractivity contribution < 1.29 is 14.3 Å². The van der Waals surface area contributed by atoms with E-state index >= 15 is 0 Å². The number of carbonyl (C=O) groups is 1. The van der Waals surface area contributed by atoms with E-state index in [1.165, 1.54) is 0 Å². The number of amides is 1. The zero-order valence-electron chi connectivity index (χ0n) is 9.70. The zero-order valence-corrected chi connectivity index (χ0v) is 9.70. The fourth-order valence-electron chi connectivity index (χ4n) is 1.44. The standard InChI is InChI=1S/C11H20N2O3/c1-15-7-5-13-11(14)9-12-8-10-4-2-3-6-16-10/h3,6,10,12H,2,4-5,7-9H2,1H3,(H,13,14). The van der Waals surface area contributed by atoms with Crippen LogP contribution in [0.15, 0.2) is 12.3 Å². The van der Waals surface area contributed by atoms with Gasteiger partial charge in [-0.05, 0) is 18.9 Å². The third-order valence-electron chi connectivity index (χ3n) is 2.31. The van der Waals surface area contributed by atoms with Gasteiger partial charge < -0.3 is 20.1 Å². The summed E-state index contributed by atoms with van der Waals surface area (Å²) in [5.74, 6) is -0.0107. The Labute approximate surface area is 96.2 Å². The van der Waals surface area contributed by atoms with Crippen LogP contribution in [-0.2, 0) is 14.3 Å². The van der Waals surface area contributed by atoms with Crippen LogP contribution < -0.4 is 10.6 Å². The highest BCUT2D eigenvalue weighted by Crippen LogP contribution is 2.08. The minimum absolute atomic E-state index is 0.0107. The molecule has 1 amide bonds. The summed E-state index contributed by atoms with van der Waals surface area (Å²) in [6, 6.07) is 0. The van der Waals surface area contributed by atoms with E-state index in [-0.39, 0.29) is 12.0 Å². The minimum Gasteiger partial charge on any atom is -0.497 e. The van der Waals surface area contributed by atoms with Crippen LogP contribution in [0.25, 0.3) is 0 Å². The van der Waals surface area contributed by atoms with Crippen molar-refractivity contribution in [3.8, 4) is 0 Å². The Bertz CT molecular complexity index is 231. The molecule has 1 aliphatic heterocycles. The number of ether oxygens (including phenoxy) is 2. The van der Waals surface area contributed by atoms with E-state index in [4.69, 9.17) is 9.47 Å². The van der Waals surface area contributed by atoms with Gasteiger partial charge in [-0.15, -0.1) is 0 Å². The molecule has 1 heterocycles. The molecule has 0 aromatic rings. The second kappa shape index (κ2) is 8.13. The first kappa shape index (κ1) is 13.0. The third kappa shape index (κ3) is 5.72. The van der Waals surface area contributed by atoms with Gasteiger partial charge in [0.1, 0.15) is 6.10 Å². The number of methoxy groups -OCH3 is 1. The highest BCUT2D eigenvalue weighted by atomic mass is 16.5. The molecule has 5 heteroatoms. The van der Waals surface area contributed by atoms with Crippen molar-refractivity contribution in [2.75, 3.05) is 33.4 Å². The van der Waals surface area contributed by atoms with Crippen molar-refractivity contribution in [1.82, 2.24) is 10.6 Å². The molecule has 0 saturated heterocycles. The molecule has 92 valence electrons. The Morgan fingerprint density at radius 1 is 1.62 bits per heavy atom. The van der Waals surface area contributed by atoms with Crippen LogP contribution in [0, 0.1) is 0 Å². The van der Waals surface area contributed by atoms with E-state index < -0.39 is 0 Å². The number of allylic oxidation sites excluding steroid dienone is 1. The molecule has 1 rings (SSSR count). The highest BCUT2D eigenvalue weighted by Gasteiger charge is 2.10. The van der Waals surface area contributed by atoms with Crippen LogP contribution in [0.1, 0.15) is 12.8 Å². The van der Waals surface area contributed by atoms with Crippen LogP contribution in [-0.4, -0.2) is 45.4 Å². The first-order valence-electron chi connectivity index (χ1n) is 5.59. The fraction of sp³-hybridized carbons (Fsp3) is 0.727. The molecule has 0 saturated carbocycles. The topological polar surface area (TPSA) is 59.6 Å². The molecule has 2 N–H and O–H groups in total. The predicted octanol–water partition coefficient (Wildman–Crippen LogP) is 0.0313. The average Bonchev–Trinajstić information content (AvgIpc) is 2.31. The van der Waals surface area contributed by atoms with Gasteiger partial charge in [-0.25, -0.2) is 0 Å². The van der Waals surface area contributed by atoms with Crippen molar-refractivity contribution in [3.63, 3.8) is 0 Å². The van der Waals surface area contributed by atoms with Gasteiger partial charge in [-0.1, -0.05) is 0 Å². The Morgan fingerprint density at radius 2 is 2.50 bits per heavy atom.